The van der Waals surface area contributed by atoms with Gasteiger partial charge in [-0.1, -0.05) is 0 Å². The second kappa shape index (κ2) is 5.90. The van der Waals surface area contributed by atoms with E-state index in [-0.39, 0.29) is 0 Å². The third-order valence-electron chi connectivity index (χ3n) is 2.67. The molecule has 0 bridgehead atoms. The Hall–Kier alpha value is -2.24. The van der Waals surface area contributed by atoms with Crippen molar-refractivity contribution in [3.05, 3.63) is 30.9 Å². The average Bonchev–Trinajstić information content (AvgIpc) is 2.86. The second-order valence-corrected chi connectivity index (χ2v) is 4.11. The summed E-state index contributed by atoms with van der Waals surface area (Å²) in [6, 6.07) is 3.59. The van der Waals surface area contributed by atoms with E-state index in [2.05, 4.69) is 19.9 Å². The van der Waals surface area contributed by atoms with Gasteiger partial charge in [-0.15, -0.1) is 0 Å². The highest BCUT2D eigenvalue weighted by molar-refractivity contribution is 5.61. The van der Waals surface area contributed by atoms with Crippen LogP contribution >= 0.6 is 0 Å². The van der Waals surface area contributed by atoms with Crippen LogP contribution in [0.1, 0.15) is 12.8 Å². The van der Waals surface area contributed by atoms with E-state index in [1.54, 1.807) is 12.3 Å². The number of unbranched alkanes of at least 4 members (excludes halogenated alkanes) is 1. The lowest BCUT2D eigenvalue weighted by atomic mass is 10.3. The van der Waals surface area contributed by atoms with Gasteiger partial charge in [0.1, 0.15) is 11.6 Å². The van der Waals surface area contributed by atoms with Crippen molar-refractivity contribution < 1.29 is 0 Å². The van der Waals surface area contributed by atoms with E-state index in [0.717, 1.165) is 31.7 Å². The normalized spacial score (nSPS) is 10.4. The molecule has 0 aliphatic rings. The number of nitrogens with two attached hydrogens (primary N) is 2. The number of imidazole rings is 1. The van der Waals surface area contributed by atoms with Crippen LogP contribution < -0.4 is 16.8 Å². The van der Waals surface area contributed by atoms with Gasteiger partial charge >= 0.3 is 0 Å². The number of nitrogens with one attached hydrogen (secondary N) is 1. The Kier molecular flexibility index (Phi) is 4.01. The molecular weight excluding hydrogens is 228 g/mol. The first-order chi connectivity index (χ1) is 8.75. The molecule has 2 aromatic rings. The minimum absolute atomic E-state index is 0.374. The van der Waals surface area contributed by atoms with Crippen LogP contribution in [0.2, 0.25) is 0 Å². The van der Waals surface area contributed by atoms with Gasteiger partial charge in [0, 0.05) is 25.5 Å². The number of pyridine rings is 1. The van der Waals surface area contributed by atoms with E-state index in [0.29, 0.717) is 11.5 Å². The minimum Gasteiger partial charge on any atom is -0.396 e. The van der Waals surface area contributed by atoms with Gasteiger partial charge in [0.2, 0.25) is 0 Å². The van der Waals surface area contributed by atoms with Crippen LogP contribution in [0.3, 0.4) is 0 Å². The van der Waals surface area contributed by atoms with Gasteiger partial charge in [0.05, 0.1) is 12.0 Å². The van der Waals surface area contributed by atoms with Crippen molar-refractivity contribution in [1.29, 1.82) is 0 Å². The lowest BCUT2D eigenvalue weighted by Gasteiger charge is -2.07. The Morgan fingerprint density at radius 1 is 1.22 bits per heavy atom. The molecule has 0 saturated carbocycles. The molecule has 0 saturated heterocycles. The average molecular weight is 246 g/mol. The van der Waals surface area contributed by atoms with Crippen molar-refractivity contribution in [1.82, 2.24) is 14.5 Å². The molecule has 0 radical (unpaired) electrons. The van der Waals surface area contributed by atoms with Crippen LogP contribution in [0.4, 0.5) is 17.3 Å². The molecule has 96 valence electrons. The molecule has 2 aromatic heterocycles. The molecular formula is C12H18N6. The smallest absolute Gasteiger partial charge is 0.149 e. The maximum Gasteiger partial charge on any atom is 0.149 e. The second-order valence-electron chi connectivity index (χ2n) is 4.11. The van der Waals surface area contributed by atoms with Crippen LogP contribution in [-0.2, 0) is 6.54 Å². The molecule has 0 spiro atoms. The van der Waals surface area contributed by atoms with Crippen molar-refractivity contribution in [2.24, 2.45) is 0 Å². The molecule has 2 rings (SSSR count). The Balaban J connectivity index is 1.67. The van der Waals surface area contributed by atoms with Crippen LogP contribution in [0, 0.1) is 0 Å². The van der Waals surface area contributed by atoms with Crippen LogP contribution in [-0.4, -0.2) is 21.1 Å². The Labute approximate surface area is 106 Å². The van der Waals surface area contributed by atoms with Crippen LogP contribution in [0.25, 0.3) is 0 Å². The summed E-state index contributed by atoms with van der Waals surface area (Å²) in [6.07, 6.45) is 7.74. The first kappa shape index (κ1) is 12.2. The monoisotopic (exact) mass is 246 g/mol. The minimum atomic E-state index is 0.374. The number of hydrogen-bond acceptors (Lipinski definition) is 5. The number of nitrogens with zero attached hydrogens (tertiary/aromatic N) is 3. The highest BCUT2D eigenvalue weighted by Crippen LogP contribution is 2.14. The van der Waals surface area contributed by atoms with Crippen molar-refractivity contribution in [3.63, 3.8) is 0 Å². The van der Waals surface area contributed by atoms with E-state index in [1.165, 1.54) is 0 Å². The lowest BCUT2D eigenvalue weighted by Crippen LogP contribution is -2.07. The fraction of sp³-hybridized carbons (Fsp3) is 0.333. The summed E-state index contributed by atoms with van der Waals surface area (Å²) in [5.41, 5.74) is 11.7. The fourth-order valence-electron chi connectivity index (χ4n) is 1.64. The molecule has 18 heavy (non-hydrogen) atoms. The number of aryl methyl sites for hydroxylation is 1. The maximum atomic E-state index is 5.63. The third kappa shape index (κ3) is 3.38. The van der Waals surface area contributed by atoms with Gasteiger partial charge in [0.15, 0.2) is 0 Å². The summed E-state index contributed by atoms with van der Waals surface area (Å²) in [6.45, 7) is 1.85. The predicted octanol–water partition coefficient (Wildman–Crippen LogP) is 1.33. The number of hydrogen-bond donors (Lipinski definition) is 3. The highest BCUT2D eigenvalue weighted by Gasteiger charge is 1.98. The van der Waals surface area contributed by atoms with Gasteiger partial charge in [0.25, 0.3) is 0 Å². The molecule has 0 aliphatic heterocycles. The Morgan fingerprint density at radius 2 is 2.11 bits per heavy atom. The van der Waals surface area contributed by atoms with E-state index in [9.17, 15) is 0 Å². The number of aromatic nitrogens is 3. The molecule has 0 fully saturated rings. The van der Waals surface area contributed by atoms with Crippen molar-refractivity contribution in [2.45, 2.75) is 19.4 Å². The zero-order valence-electron chi connectivity index (χ0n) is 10.2. The summed E-state index contributed by atoms with van der Waals surface area (Å²) in [5, 5.41) is 3.22. The van der Waals surface area contributed by atoms with E-state index in [4.69, 9.17) is 11.5 Å². The molecule has 0 unspecified atom stereocenters. The topological polar surface area (TPSA) is 94.8 Å². The molecule has 0 aliphatic carbocycles. The molecule has 0 aromatic carbocycles. The molecule has 6 nitrogen and oxygen atoms in total. The summed E-state index contributed by atoms with van der Waals surface area (Å²) in [7, 11) is 0. The molecule has 5 N–H and O–H groups in total. The third-order valence-corrected chi connectivity index (χ3v) is 2.67. The summed E-state index contributed by atoms with van der Waals surface area (Å²) in [4.78, 5) is 8.14. The number of anilines is 3. The Bertz CT molecular complexity index is 479. The quantitative estimate of drug-likeness (QED) is 0.668. The van der Waals surface area contributed by atoms with Crippen molar-refractivity contribution in [2.75, 3.05) is 23.3 Å². The van der Waals surface area contributed by atoms with E-state index < -0.39 is 0 Å². The maximum absolute atomic E-state index is 5.63. The van der Waals surface area contributed by atoms with Crippen LogP contribution in [0.15, 0.2) is 30.9 Å². The van der Waals surface area contributed by atoms with Crippen molar-refractivity contribution in [3.8, 4) is 0 Å². The zero-order valence-corrected chi connectivity index (χ0v) is 10.2. The fourth-order valence-corrected chi connectivity index (χ4v) is 1.64. The zero-order chi connectivity index (χ0) is 12.8. The highest BCUT2D eigenvalue weighted by atomic mass is 15.0. The molecule has 0 atom stereocenters. The molecule has 2 heterocycles. The SMILES string of the molecule is Nc1ccc(NCCCCn2ccnc2)nc1N. The first-order valence-corrected chi connectivity index (χ1v) is 5.97. The first-order valence-electron chi connectivity index (χ1n) is 5.97. The standard InChI is InChI=1S/C12H18N6/c13-10-3-4-11(17-12(10)14)16-5-1-2-7-18-8-6-15-9-18/h3-4,6,8-9H,1-2,5,7,13H2,(H3,14,16,17). The lowest BCUT2D eigenvalue weighted by molar-refractivity contribution is 0.621. The van der Waals surface area contributed by atoms with Crippen LogP contribution in [0.5, 0.6) is 0 Å². The summed E-state index contributed by atoms with van der Waals surface area (Å²) >= 11 is 0. The number of nitrogen functional groups attached to an aromatic ring is 2. The number of rotatable bonds is 6. The van der Waals surface area contributed by atoms with E-state index >= 15 is 0 Å². The van der Waals surface area contributed by atoms with Gasteiger partial charge in [-0.25, -0.2) is 9.97 Å². The molecule has 6 heteroatoms. The Morgan fingerprint density at radius 3 is 2.83 bits per heavy atom. The van der Waals surface area contributed by atoms with Crippen molar-refractivity contribution >= 4 is 17.3 Å². The van der Waals surface area contributed by atoms with Gasteiger partial charge in [-0.05, 0) is 25.0 Å². The van der Waals surface area contributed by atoms with Gasteiger partial charge < -0.3 is 21.4 Å². The van der Waals surface area contributed by atoms with E-state index in [1.807, 2.05) is 18.6 Å². The predicted molar refractivity (Wildman–Crippen MR) is 73.0 cm³/mol. The summed E-state index contributed by atoms with van der Waals surface area (Å²) in [5.74, 6) is 1.14. The van der Waals surface area contributed by atoms with Gasteiger partial charge in [-0.3, -0.25) is 0 Å². The largest absolute Gasteiger partial charge is 0.396 e. The van der Waals surface area contributed by atoms with Gasteiger partial charge in [-0.2, -0.15) is 0 Å². The molecule has 0 amide bonds. The summed E-state index contributed by atoms with van der Waals surface area (Å²) < 4.78 is 2.07.